The Morgan fingerprint density at radius 3 is 2.90 bits per heavy atom. The first kappa shape index (κ1) is 15.3. The van der Waals surface area contributed by atoms with Gasteiger partial charge in [0, 0.05) is 24.4 Å². The van der Waals surface area contributed by atoms with Crippen molar-refractivity contribution in [3.63, 3.8) is 0 Å². The molecule has 0 aromatic carbocycles. The maximum absolute atomic E-state index is 12.2. The largest absolute Gasteiger partial charge is 0.481 e. The van der Waals surface area contributed by atoms with Crippen LogP contribution in [0.5, 0.6) is 0 Å². The lowest BCUT2D eigenvalue weighted by molar-refractivity contribution is -0.137. The van der Waals surface area contributed by atoms with Crippen LogP contribution in [0.25, 0.3) is 0 Å². The van der Waals surface area contributed by atoms with Gasteiger partial charge in [0.05, 0.1) is 10.8 Å². The minimum Gasteiger partial charge on any atom is -0.481 e. The number of aliphatic carboxylic acids is 1. The molecule has 0 aliphatic carbocycles. The van der Waals surface area contributed by atoms with Crippen LogP contribution < -0.4 is 0 Å². The molecule has 0 radical (unpaired) electrons. The van der Waals surface area contributed by atoms with Crippen molar-refractivity contribution in [2.75, 3.05) is 13.1 Å². The molecule has 1 aliphatic rings. The Labute approximate surface area is 127 Å². The highest BCUT2D eigenvalue weighted by Crippen LogP contribution is 2.24. The number of carboxylic acid groups (broad SMARTS) is 1. The second kappa shape index (κ2) is 7.09. The molecule has 4 nitrogen and oxygen atoms in total. The van der Waals surface area contributed by atoms with Gasteiger partial charge in [-0.05, 0) is 37.3 Å². The number of hydrogen-bond acceptors (Lipinski definition) is 3. The van der Waals surface area contributed by atoms with E-state index in [1.807, 2.05) is 11.0 Å². The number of carboxylic acids is 1. The van der Waals surface area contributed by atoms with Crippen LogP contribution >= 0.6 is 22.9 Å². The van der Waals surface area contributed by atoms with Crippen molar-refractivity contribution in [1.82, 2.24) is 4.90 Å². The third kappa shape index (κ3) is 4.49. The highest BCUT2D eigenvalue weighted by molar-refractivity contribution is 7.16. The molecule has 1 aromatic rings. The first-order chi connectivity index (χ1) is 9.54. The summed E-state index contributed by atoms with van der Waals surface area (Å²) in [5.41, 5.74) is 0. The Morgan fingerprint density at radius 1 is 1.45 bits per heavy atom. The summed E-state index contributed by atoms with van der Waals surface area (Å²) in [4.78, 5) is 25.7. The molecular weight excluding hydrogens is 298 g/mol. The van der Waals surface area contributed by atoms with E-state index in [9.17, 15) is 9.59 Å². The summed E-state index contributed by atoms with van der Waals surface area (Å²) in [6, 6.07) is 3.69. The number of nitrogens with zero attached hydrogens (tertiary/aromatic N) is 1. The van der Waals surface area contributed by atoms with Gasteiger partial charge in [-0.2, -0.15) is 0 Å². The summed E-state index contributed by atoms with van der Waals surface area (Å²) < 4.78 is 0.700. The third-order valence-corrected chi connectivity index (χ3v) is 4.82. The lowest BCUT2D eigenvalue weighted by Crippen LogP contribution is -2.40. The van der Waals surface area contributed by atoms with Crippen molar-refractivity contribution in [1.29, 1.82) is 0 Å². The van der Waals surface area contributed by atoms with Gasteiger partial charge in [-0.25, -0.2) is 0 Å². The molecule has 1 fully saturated rings. The van der Waals surface area contributed by atoms with E-state index in [1.54, 1.807) is 6.07 Å². The summed E-state index contributed by atoms with van der Waals surface area (Å²) in [6.07, 6.45) is 3.21. The van der Waals surface area contributed by atoms with Gasteiger partial charge in [-0.3, -0.25) is 9.59 Å². The molecule has 6 heteroatoms. The number of carbonyl (C=O) groups is 2. The molecule has 20 heavy (non-hydrogen) atoms. The topological polar surface area (TPSA) is 57.6 Å². The Morgan fingerprint density at radius 2 is 2.25 bits per heavy atom. The van der Waals surface area contributed by atoms with Gasteiger partial charge in [0.2, 0.25) is 5.91 Å². The number of piperidine rings is 1. The number of likely N-dealkylation sites (tertiary alicyclic amines) is 1. The SMILES string of the molecule is O=C(O)CCC1CCCN(C(=O)Cc2ccc(Cl)s2)C1. The van der Waals surface area contributed by atoms with Gasteiger partial charge in [-0.15, -0.1) is 11.3 Å². The zero-order chi connectivity index (χ0) is 14.5. The van der Waals surface area contributed by atoms with E-state index in [0.717, 1.165) is 24.3 Å². The third-order valence-electron chi connectivity index (χ3n) is 3.59. The number of amides is 1. The van der Waals surface area contributed by atoms with Crippen LogP contribution in [0.15, 0.2) is 12.1 Å². The second-order valence-electron chi connectivity index (χ2n) is 5.16. The van der Waals surface area contributed by atoms with Crippen LogP contribution in [-0.4, -0.2) is 35.0 Å². The molecule has 1 unspecified atom stereocenters. The monoisotopic (exact) mass is 315 g/mol. The molecule has 110 valence electrons. The molecule has 1 atom stereocenters. The Bertz CT molecular complexity index is 489. The lowest BCUT2D eigenvalue weighted by atomic mass is 9.93. The number of rotatable bonds is 5. The van der Waals surface area contributed by atoms with Crippen LogP contribution in [0.1, 0.15) is 30.6 Å². The minimum absolute atomic E-state index is 0.114. The van der Waals surface area contributed by atoms with Gasteiger partial charge in [0.25, 0.3) is 0 Å². The predicted molar refractivity (Wildman–Crippen MR) is 79.2 cm³/mol. The van der Waals surface area contributed by atoms with Crippen LogP contribution in [0.4, 0.5) is 0 Å². The molecule has 1 aromatic heterocycles. The van der Waals surface area contributed by atoms with Gasteiger partial charge >= 0.3 is 5.97 Å². The molecule has 0 saturated carbocycles. The number of thiophene rings is 1. The Kier molecular flexibility index (Phi) is 5.43. The first-order valence-corrected chi connectivity index (χ1v) is 7.98. The first-order valence-electron chi connectivity index (χ1n) is 6.78. The fourth-order valence-electron chi connectivity index (χ4n) is 2.56. The number of halogens is 1. The fourth-order valence-corrected chi connectivity index (χ4v) is 3.64. The summed E-state index contributed by atoms with van der Waals surface area (Å²) >= 11 is 7.30. The molecule has 2 heterocycles. The average molecular weight is 316 g/mol. The van der Waals surface area contributed by atoms with Crippen molar-refractivity contribution < 1.29 is 14.7 Å². The van der Waals surface area contributed by atoms with Crippen LogP contribution in [0, 0.1) is 5.92 Å². The molecule has 2 rings (SSSR count). The number of carbonyl (C=O) groups excluding carboxylic acids is 1. The lowest BCUT2D eigenvalue weighted by Gasteiger charge is -2.32. The van der Waals surface area contributed by atoms with E-state index in [-0.39, 0.29) is 12.3 Å². The quantitative estimate of drug-likeness (QED) is 0.908. The van der Waals surface area contributed by atoms with Crippen LogP contribution in [-0.2, 0) is 16.0 Å². The molecule has 1 amide bonds. The van der Waals surface area contributed by atoms with Gasteiger partial charge in [-0.1, -0.05) is 11.6 Å². The van der Waals surface area contributed by atoms with E-state index < -0.39 is 5.97 Å². The Balaban J connectivity index is 1.84. The molecule has 1 N–H and O–H groups in total. The van der Waals surface area contributed by atoms with Crippen LogP contribution in [0.3, 0.4) is 0 Å². The molecule has 1 saturated heterocycles. The maximum Gasteiger partial charge on any atom is 0.303 e. The van der Waals surface area contributed by atoms with E-state index in [1.165, 1.54) is 11.3 Å². The summed E-state index contributed by atoms with van der Waals surface area (Å²) in [5.74, 6) is -0.332. The molecule has 1 aliphatic heterocycles. The fraction of sp³-hybridized carbons (Fsp3) is 0.571. The Hall–Kier alpha value is -1.07. The van der Waals surface area contributed by atoms with E-state index in [2.05, 4.69) is 0 Å². The summed E-state index contributed by atoms with van der Waals surface area (Å²) in [6.45, 7) is 1.47. The van der Waals surface area contributed by atoms with Crippen LogP contribution in [0.2, 0.25) is 4.34 Å². The van der Waals surface area contributed by atoms with Crippen molar-refractivity contribution in [2.45, 2.75) is 32.1 Å². The van der Waals surface area contributed by atoms with E-state index in [4.69, 9.17) is 16.7 Å². The molecule has 0 bridgehead atoms. The van der Waals surface area contributed by atoms with Crippen molar-refractivity contribution in [3.8, 4) is 0 Å². The van der Waals surface area contributed by atoms with Crippen molar-refractivity contribution in [3.05, 3.63) is 21.3 Å². The van der Waals surface area contributed by atoms with Gasteiger partial charge in [0.15, 0.2) is 0 Å². The van der Waals surface area contributed by atoms with E-state index in [0.29, 0.717) is 29.6 Å². The smallest absolute Gasteiger partial charge is 0.303 e. The zero-order valence-electron chi connectivity index (χ0n) is 11.2. The molecular formula is C14H18ClNO3S. The highest BCUT2D eigenvalue weighted by atomic mass is 35.5. The van der Waals surface area contributed by atoms with Gasteiger partial charge < -0.3 is 10.0 Å². The van der Waals surface area contributed by atoms with Gasteiger partial charge in [0.1, 0.15) is 0 Å². The zero-order valence-corrected chi connectivity index (χ0v) is 12.8. The van der Waals surface area contributed by atoms with E-state index >= 15 is 0 Å². The standard InChI is InChI=1S/C14H18ClNO3S/c15-12-5-4-11(20-12)8-13(17)16-7-1-2-10(9-16)3-6-14(18)19/h4-5,10H,1-3,6-9H2,(H,18,19). The van der Waals surface area contributed by atoms with Crippen molar-refractivity contribution >= 4 is 34.8 Å². The minimum atomic E-state index is -0.762. The second-order valence-corrected chi connectivity index (χ2v) is 6.96. The number of hydrogen-bond donors (Lipinski definition) is 1. The molecule has 0 spiro atoms. The highest BCUT2D eigenvalue weighted by Gasteiger charge is 2.24. The summed E-state index contributed by atoms with van der Waals surface area (Å²) in [5, 5.41) is 8.72. The predicted octanol–water partition coefficient (Wildman–Crippen LogP) is 3.05. The maximum atomic E-state index is 12.2. The van der Waals surface area contributed by atoms with Crippen molar-refractivity contribution in [2.24, 2.45) is 5.92 Å². The normalized spacial score (nSPS) is 19.1. The summed E-state index contributed by atoms with van der Waals surface area (Å²) in [7, 11) is 0. The average Bonchev–Trinajstić information content (AvgIpc) is 2.82.